The van der Waals surface area contributed by atoms with E-state index >= 15 is 0 Å². The number of carbonyl (C=O) groups excluding carboxylic acids is 2. The highest BCUT2D eigenvalue weighted by molar-refractivity contribution is 5.82. The van der Waals surface area contributed by atoms with Crippen LogP contribution in [0.25, 0.3) is 0 Å². The molecule has 2 heterocycles. The summed E-state index contributed by atoms with van der Waals surface area (Å²) in [6.07, 6.45) is 5.26. The fourth-order valence-electron chi connectivity index (χ4n) is 2.70. The number of ether oxygens (including phenoxy) is 1. The Morgan fingerprint density at radius 1 is 1.55 bits per heavy atom. The molecule has 1 aromatic heterocycles. The molecule has 1 N–H and O–H groups in total. The minimum Gasteiger partial charge on any atom is -0.463 e. The summed E-state index contributed by atoms with van der Waals surface area (Å²) in [7, 11) is 3.67. The Morgan fingerprint density at radius 3 is 2.95 bits per heavy atom. The summed E-state index contributed by atoms with van der Waals surface area (Å²) in [5.74, 6) is -0.259. The molecule has 0 aliphatic carbocycles. The zero-order chi connectivity index (χ0) is 16.1. The van der Waals surface area contributed by atoms with Crippen LogP contribution in [0.4, 0.5) is 0 Å². The second-order valence-electron chi connectivity index (χ2n) is 5.20. The van der Waals surface area contributed by atoms with Crippen molar-refractivity contribution >= 4 is 11.9 Å². The molecule has 2 atom stereocenters. The molecular weight excluding hydrogens is 284 g/mol. The smallest absolute Gasteiger partial charge is 0.330 e. The minimum absolute atomic E-state index is 0.0141. The average Bonchev–Trinajstić information content (AvgIpc) is 3.00. The number of rotatable bonds is 6. The van der Waals surface area contributed by atoms with Gasteiger partial charge in [0.15, 0.2) is 0 Å². The quantitative estimate of drug-likeness (QED) is 0.608. The molecule has 0 aromatic carbocycles. The highest BCUT2D eigenvalue weighted by atomic mass is 16.5. The van der Waals surface area contributed by atoms with E-state index < -0.39 is 0 Å². The third-order valence-corrected chi connectivity index (χ3v) is 3.79. The molecule has 7 nitrogen and oxygen atoms in total. The summed E-state index contributed by atoms with van der Waals surface area (Å²) in [6.45, 7) is 2.63. The number of likely N-dealkylation sites (tertiary alicyclic amines) is 1. The Hall–Kier alpha value is -2.15. The molecule has 1 fully saturated rings. The number of amides is 1. The Morgan fingerprint density at radius 2 is 2.32 bits per heavy atom. The van der Waals surface area contributed by atoms with Crippen molar-refractivity contribution in [3.8, 4) is 0 Å². The number of carbonyl (C=O) groups is 2. The molecule has 1 amide bonds. The van der Waals surface area contributed by atoms with Gasteiger partial charge in [-0.3, -0.25) is 9.48 Å². The topological polar surface area (TPSA) is 76.5 Å². The lowest BCUT2D eigenvalue weighted by atomic mass is 10.1. The Kier molecular flexibility index (Phi) is 5.32. The molecule has 2 rings (SSSR count). The molecular formula is C15H22N4O3. The van der Waals surface area contributed by atoms with Gasteiger partial charge in [-0.05, 0) is 13.0 Å². The van der Waals surface area contributed by atoms with E-state index in [0.29, 0.717) is 19.6 Å². The number of aromatic nitrogens is 2. The Bertz CT molecular complexity index is 567. The third-order valence-electron chi connectivity index (χ3n) is 3.79. The van der Waals surface area contributed by atoms with Gasteiger partial charge >= 0.3 is 5.97 Å². The molecule has 22 heavy (non-hydrogen) atoms. The van der Waals surface area contributed by atoms with Gasteiger partial charge in [-0.25, -0.2) is 4.79 Å². The van der Waals surface area contributed by atoms with Crippen LogP contribution in [0.5, 0.6) is 0 Å². The molecule has 1 aliphatic heterocycles. The largest absolute Gasteiger partial charge is 0.463 e. The highest BCUT2D eigenvalue weighted by Crippen LogP contribution is 2.31. The van der Waals surface area contributed by atoms with Gasteiger partial charge in [-0.1, -0.05) is 6.08 Å². The molecule has 1 aliphatic rings. The fourth-order valence-corrected chi connectivity index (χ4v) is 2.70. The predicted molar refractivity (Wildman–Crippen MR) is 80.9 cm³/mol. The van der Waals surface area contributed by atoms with Gasteiger partial charge in [-0.2, -0.15) is 5.10 Å². The number of hydrogen-bond acceptors (Lipinski definition) is 5. The first-order valence-electron chi connectivity index (χ1n) is 7.34. The van der Waals surface area contributed by atoms with Crippen molar-refractivity contribution in [1.29, 1.82) is 0 Å². The van der Waals surface area contributed by atoms with Crippen LogP contribution in [-0.2, 0) is 21.4 Å². The number of hydrogen-bond donors (Lipinski definition) is 1. The normalized spacial score (nSPS) is 21.8. The SMILES string of the molecule is CCOC(=O)/C=C/CN[C@@H]1CC(=O)N(C)[C@H]1c1ccnn1C. The predicted octanol–water partition coefficient (Wildman–Crippen LogP) is 0.401. The number of aryl methyl sites for hydroxylation is 1. The van der Waals surface area contributed by atoms with E-state index in [2.05, 4.69) is 10.4 Å². The first kappa shape index (κ1) is 16.2. The zero-order valence-corrected chi connectivity index (χ0v) is 13.2. The zero-order valence-electron chi connectivity index (χ0n) is 13.2. The molecule has 0 bridgehead atoms. The molecule has 7 heteroatoms. The lowest BCUT2D eigenvalue weighted by molar-refractivity contribution is -0.137. The number of nitrogens with zero attached hydrogens (tertiary/aromatic N) is 3. The maximum absolute atomic E-state index is 12.0. The first-order chi connectivity index (χ1) is 10.5. The standard InChI is InChI=1S/C15H22N4O3/c1-4-22-14(21)6-5-8-16-11-10-13(20)18(2)15(11)12-7-9-17-19(12)3/h5-7,9,11,15-16H,4,8,10H2,1-3H3/b6-5+/t11-,15-/m1/s1. The number of likely N-dealkylation sites (N-methyl/N-ethyl adjacent to an activating group) is 1. The summed E-state index contributed by atoms with van der Waals surface area (Å²) >= 11 is 0. The van der Waals surface area contributed by atoms with Crippen molar-refractivity contribution in [3.63, 3.8) is 0 Å². The van der Waals surface area contributed by atoms with Gasteiger partial charge in [0, 0.05) is 45.4 Å². The maximum atomic E-state index is 12.0. The first-order valence-corrected chi connectivity index (χ1v) is 7.34. The van der Waals surface area contributed by atoms with E-state index in [9.17, 15) is 9.59 Å². The van der Waals surface area contributed by atoms with Crippen LogP contribution in [0.3, 0.4) is 0 Å². The van der Waals surface area contributed by atoms with Crippen LogP contribution in [0.2, 0.25) is 0 Å². The summed E-state index contributed by atoms with van der Waals surface area (Å²) in [5.41, 5.74) is 0.986. The van der Waals surface area contributed by atoms with Crippen molar-refractivity contribution in [3.05, 3.63) is 30.1 Å². The Balaban J connectivity index is 1.98. The van der Waals surface area contributed by atoms with Crippen molar-refractivity contribution in [1.82, 2.24) is 20.0 Å². The third kappa shape index (κ3) is 3.54. The van der Waals surface area contributed by atoms with Crippen molar-refractivity contribution in [2.75, 3.05) is 20.2 Å². The van der Waals surface area contributed by atoms with E-state index in [4.69, 9.17) is 4.74 Å². The van der Waals surface area contributed by atoms with E-state index in [-0.39, 0.29) is 24.0 Å². The maximum Gasteiger partial charge on any atom is 0.330 e. The van der Waals surface area contributed by atoms with Crippen LogP contribution < -0.4 is 5.32 Å². The van der Waals surface area contributed by atoms with E-state index in [0.717, 1.165) is 5.69 Å². The Labute approximate surface area is 129 Å². The van der Waals surface area contributed by atoms with Gasteiger partial charge in [0.05, 0.1) is 18.3 Å². The van der Waals surface area contributed by atoms with E-state index in [1.54, 1.807) is 35.8 Å². The minimum atomic E-state index is -0.355. The summed E-state index contributed by atoms with van der Waals surface area (Å²) in [5, 5.41) is 7.48. The number of esters is 1. The second-order valence-corrected chi connectivity index (χ2v) is 5.20. The van der Waals surface area contributed by atoms with Crippen molar-refractivity contribution < 1.29 is 14.3 Å². The molecule has 1 saturated heterocycles. The van der Waals surface area contributed by atoms with Gasteiger partial charge in [0.2, 0.25) is 5.91 Å². The van der Waals surface area contributed by atoms with E-state index in [1.165, 1.54) is 6.08 Å². The monoisotopic (exact) mass is 306 g/mol. The van der Waals surface area contributed by atoms with Gasteiger partial charge in [0.25, 0.3) is 0 Å². The summed E-state index contributed by atoms with van der Waals surface area (Å²) in [6, 6.07) is 1.85. The summed E-state index contributed by atoms with van der Waals surface area (Å²) in [4.78, 5) is 25.0. The fraction of sp³-hybridized carbons (Fsp3) is 0.533. The van der Waals surface area contributed by atoms with Gasteiger partial charge < -0.3 is 15.0 Å². The average molecular weight is 306 g/mol. The van der Waals surface area contributed by atoms with Crippen LogP contribution in [-0.4, -0.2) is 52.8 Å². The second kappa shape index (κ2) is 7.22. The number of nitrogens with one attached hydrogen (secondary N) is 1. The van der Waals surface area contributed by atoms with Crippen LogP contribution in [0.15, 0.2) is 24.4 Å². The van der Waals surface area contributed by atoms with E-state index in [1.807, 2.05) is 13.1 Å². The van der Waals surface area contributed by atoms with Crippen LogP contribution >= 0.6 is 0 Å². The molecule has 120 valence electrons. The molecule has 0 unspecified atom stereocenters. The molecule has 0 radical (unpaired) electrons. The molecule has 1 aromatic rings. The van der Waals surface area contributed by atoms with Gasteiger partial charge in [0.1, 0.15) is 0 Å². The summed E-state index contributed by atoms with van der Waals surface area (Å²) < 4.78 is 6.60. The molecule has 0 saturated carbocycles. The van der Waals surface area contributed by atoms with Crippen molar-refractivity contribution in [2.45, 2.75) is 25.4 Å². The lowest BCUT2D eigenvalue weighted by Gasteiger charge is -2.25. The highest BCUT2D eigenvalue weighted by Gasteiger charge is 2.39. The van der Waals surface area contributed by atoms with Crippen molar-refractivity contribution in [2.24, 2.45) is 7.05 Å². The van der Waals surface area contributed by atoms with Crippen LogP contribution in [0.1, 0.15) is 25.1 Å². The molecule has 0 spiro atoms. The van der Waals surface area contributed by atoms with Crippen LogP contribution in [0, 0.1) is 0 Å². The van der Waals surface area contributed by atoms with Gasteiger partial charge in [-0.15, -0.1) is 0 Å². The lowest BCUT2D eigenvalue weighted by Crippen LogP contribution is -2.36.